The Morgan fingerprint density at radius 3 is 1.41 bits per heavy atom. The highest BCUT2D eigenvalue weighted by Gasteiger charge is 2.10. The maximum Gasteiger partial charge on any atom is 0.332 e. The Hall–Kier alpha value is -0.155. The molecule has 0 aliphatic rings. The van der Waals surface area contributed by atoms with Crippen LogP contribution in [0.1, 0.15) is 40.0 Å². The monoisotopic (exact) mass is 264 g/mol. The van der Waals surface area contributed by atoms with Gasteiger partial charge >= 0.3 is 8.60 Å². The van der Waals surface area contributed by atoms with E-state index in [1.807, 2.05) is 0 Å². The van der Waals surface area contributed by atoms with Crippen molar-refractivity contribution in [3.63, 3.8) is 0 Å². The van der Waals surface area contributed by atoms with Crippen molar-refractivity contribution >= 4 is 22.3 Å². The van der Waals surface area contributed by atoms with E-state index in [1.165, 1.54) is 0 Å². The van der Waals surface area contributed by atoms with Crippen LogP contribution in [0.4, 0.5) is 4.79 Å². The Balaban J connectivity index is 0. The molecule has 17 heavy (non-hydrogen) atoms. The average molecular weight is 264 g/mol. The largest absolute Gasteiger partial charge is 0.490 e. The molecule has 0 aromatic heterocycles. The maximum atomic E-state index is 8.78. The molecule has 0 spiro atoms. The lowest BCUT2D eigenvalue weighted by molar-refractivity contribution is 0.160. The maximum absolute atomic E-state index is 8.78. The molecule has 7 heteroatoms. The quantitative estimate of drug-likeness (QED) is 0.511. The molecule has 0 aromatic carbocycles. The van der Waals surface area contributed by atoms with Gasteiger partial charge in [-0.3, -0.25) is 4.79 Å². The Kier molecular flexibility index (Phi) is 17.9. The molecule has 0 unspecified atom stereocenters. The van der Waals surface area contributed by atoms with Gasteiger partial charge in [-0.2, -0.15) is 0 Å². The van der Waals surface area contributed by atoms with Gasteiger partial charge in [0.1, 0.15) is 0 Å². The van der Waals surface area contributed by atoms with Crippen LogP contribution in [-0.2, 0) is 13.6 Å². The first-order valence-electron chi connectivity index (χ1n) is 5.75. The highest BCUT2D eigenvalue weighted by atomic mass is 31.2. The third kappa shape index (κ3) is 21.6. The fraction of sp³-hybridized carbons (Fsp3) is 0.900. The molecule has 0 heterocycles. The fourth-order valence-electron chi connectivity index (χ4n) is 0.609. The van der Waals surface area contributed by atoms with E-state index >= 15 is 0 Å². The number of hydrogen-bond acceptors (Lipinski definition) is 4. The lowest BCUT2D eigenvalue weighted by Gasteiger charge is -2.15. The molecule has 1 N–H and O–H groups in total. The Morgan fingerprint density at radius 1 is 1.00 bits per heavy atom. The molecule has 0 amide bonds. The van der Waals surface area contributed by atoms with E-state index in [-0.39, 0.29) is 0 Å². The summed E-state index contributed by atoms with van der Waals surface area (Å²) in [6, 6.07) is 0. The van der Waals surface area contributed by atoms with Crippen LogP contribution in [0.25, 0.3) is 0 Å². The van der Waals surface area contributed by atoms with Gasteiger partial charge in [-0.25, -0.2) is 0 Å². The number of carbonyl (C=O) groups is 1. The third-order valence-electron chi connectivity index (χ3n) is 1.20. The van der Waals surface area contributed by atoms with Crippen LogP contribution in [0, 0.1) is 0 Å². The van der Waals surface area contributed by atoms with Crippen molar-refractivity contribution in [3.8, 4) is 0 Å². The van der Waals surface area contributed by atoms with E-state index in [0.29, 0.717) is 0 Å². The van der Waals surface area contributed by atoms with Gasteiger partial charge < -0.3 is 18.7 Å². The van der Waals surface area contributed by atoms with Gasteiger partial charge in [0.15, 0.2) is 0 Å². The molecule has 0 saturated heterocycles. The second-order valence-corrected chi connectivity index (χ2v) is 4.28. The van der Waals surface area contributed by atoms with E-state index in [9.17, 15) is 0 Å². The molecule has 5 nitrogen and oxygen atoms in total. The van der Waals surface area contributed by atoms with Crippen molar-refractivity contribution in [2.45, 2.75) is 40.0 Å². The molecule has 0 atom stereocenters. The van der Waals surface area contributed by atoms with E-state index in [0.717, 1.165) is 39.1 Å². The minimum absolute atomic E-state index is 0.721. The van der Waals surface area contributed by atoms with Crippen LogP contribution in [0.3, 0.4) is 0 Å². The zero-order chi connectivity index (χ0) is 13.5. The van der Waals surface area contributed by atoms with E-state index < -0.39 is 14.5 Å². The molecular formula is C10H22BO5P. The molecule has 0 rings (SSSR count). The first-order valence-corrected chi connectivity index (χ1v) is 6.85. The molecule has 2 radical (unpaired) electrons. The highest BCUT2D eigenvalue weighted by Crippen LogP contribution is 2.39. The first kappa shape index (κ1) is 19.2. The van der Waals surface area contributed by atoms with Crippen molar-refractivity contribution in [1.82, 2.24) is 0 Å². The van der Waals surface area contributed by atoms with Crippen molar-refractivity contribution in [1.29, 1.82) is 0 Å². The van der Waals surface area contributed by atoms with Crippen LogP contribution < -0.4 is 0 Å². The Morgan fingerprint density at radius 2 is 1.24 bits per heavy atom. The molecule has 0 saturated carbocycles. The molecular weight excluding hydrogens is 242 g/mol. The smallest absolute Gasteiger partial charge is 0.332 e. The van der Waals surface area contributed by atoms with Crippen LogP contribution >= 0.6 is 8.60 Å². The summed E-state index contributed by atoms with van der Waals surface area (Å²) in [5.41, 5.74) is 0. The summed E-state index contributed by atoms with van der Waals surface area (Å²) in [5.74, 6) is -1.33. The molecule has 0 aliphatic heterocycles. The summed E-state index contributed by atoms with van der Waals surface area (Å²) in [5, 5.41) is 7.19. The summed E-state index contributed by atoms with van der Waals surface area (Å²) in [4.78, 5) is 8.78. The van der Waals surface area contributed by atoms with Crippen molar-refractivity contribution < 1.29 is 23.5 Å². The van der Waals surface area contributed by atoms with Gasteiger partial charge in [-0.05, 0) is 19.3 Å². The summed E-state index contributed by atoms with van der Waals surface area (Å²) >= 11 is 0. The second-order valence-electron chi connectivity index (χ2n) is 3.06. The van der Waals surface area contributed by atoms with E-state index in [2.05, 4.69) is 28.6 Å². The summed E-state index contributed by atoms with van der Waals surface area (Å²) in [6.45, 7) is 8.39. The predicted octanol–water partition coefficient (Wildman–Crippen LogP) is 3.33. The normalized spacial score (nSPS) is 9.88. The van der Waals surface area contributed by atoms with E-state index in [4.69, 9.17) is 23.5 Å². The standard InChI is InChI=1S/C9H21O3P.CHBO2/c1-4-7-10-13(11-8-5-2)12-9-6-3;2-1(3)4/h4-9H2,1-3H3;(H,3,4). The SMILES string of the molecule is CCCOP(OCCC)OCCC.[B]C(=O)O. The van der Waals surface area contributed by atoms with Crippen LogP contribution in [0.2, 0.25) is 0 Å². The van der Waals surface area contributed by atoms with E-state index in [1.54, 1.807) is 0 Å². The fourth-order valence-corrected chi connectivity index (χ4v) is 1.83. The zero-order valence-corrected chi connectivity index (χ0v) is 11.7. The van der Waals surface area contributed by atoms with Gasteiger partial charge in [-0.15, -0.1) is 0 Å². The van der Waals surface area contributed by atoms with Crippen LogP contribution in [0.15, 0.2) is 0 Å². The molecule has 0 aromatic rings. The van der Waals surface area contributed by atoms with Gasteiger partial charge in [-0.1, -0.05) is 20.8 Å². The predicted molar refractivity (Wildman–Crippen MR) is 69.4 cm³/mol. The van der Waals surface area contributed by atoms with Gasteiger partial charge in [0.05, 0.1) is 19.8 Å². The minimum Gasteiger partial charge on any atom is -0.490 e. The average Bonchev–Trinajstić information content (AvgIpc) is 2.27. The Bertz CT molecular complexity index is 148. The summed E-state index contributed by atoms with van der Waals surface area (Å²) < 4.78 is 16.2. The highest BCUT2D eigenvalue weighted by molar-refractivity contribution is 7.41. The number of rotatable bonds is 9. The summed E-state index contributed by atoms with van der Waals surface area (Å²) in [6.07, 6.45) is 3.01. The lowest BCUT2D eigenvalue weighted by atomic mass is 10.2. The third-order valence-corrected chi connectivity index (χ3v) is 2.38. The van der Waals surface area contributed by atoms with Crippen LogP contribution in [-0.4, -0.2) is 38.6 Å². The zero-order valence-electron chi connectivity index (χ0n) is 10.8. The Labute approximate surface area is 106 Å². The van der Waals surface area contributed by atoms with Crippen molar-refractivity contribution in [2.75, 3.05) is 19.8 Å². The molecule has 0 bridgehead atoms. The number of carboxylic acid groups (broad SMARTS) is 1. The topological polar surface area (TPSA) is 65.0 Å². The first-order chi connectivity index (χ1) is 8.08. The van der Waals surface area contributed by atoms with Gasteiger partial charge in [0, 0.05) is 0 Å². The van der Waals surface area contributed by atoms with Gasteiger partial charge in [0.2, 0.25) is 13.7 Å². The van der Waals surface area contributed by atoms with Gasteiger partial charge in [0.25, 0.3) is 0 Å². The van der Waals surface area contributed by atoms with Crippen molar-refractivity contribution in [2.24, 2.45) is 0 Å². The van der Waals surface area contributed by atoms with Crippen LogP contribution in [0.5, 0.6) is 0 Å². The van der Waals surface area contributed by atoms with Crippen molar-refractivity contribution in [3.05, 3.63) is 0 Å². The summed E-state index contributed by atoms with van der Waals surface area (Å²) in [7, 11) is 2.95. The molecule has 0 aliphatic carbocycles. The second kappa shape index (κ2) is 15.8. The lowest BCUT2D eigenvalue weighted by Crippen LogP contribution is -1.98. The minimum atomic E-state index is -1.33. The molecule has 100 valence electrons. The molecule has 0 fully saturated rings. The number of hydrogen-bond donors (Lipinski definition) is 1.